The van der Waals surface area contributed by atoms with E-state index in [4.69, 9.17) is 17.3 Å². The molecule has 0 aliphatic rings. The molecule has 3 N–H and O–H groups in total. The van der Waals surface area contributed by atoms with Crippen LogP contribution in [0.2, 0.25) is 5.02 Å². The van der Waals surface area contributed by atoms with Gasteiger partial charge in [0, 0.05) is 16.3 Å². The number of nitrogens with two attached hydrogens (primary N) is 1. The smallest absolute Gasteiger partial charge is 0.0685 e. The number of halogens is 1. The van der Waals surface area contributed by atoms with Gasteiger partial charge in [-0.1, -0.05) is 17.7 Å². The number of hydrogen-bond donors (Lipinski definition) is 2. The van der Waals surface area contributed by atoms with Crippen LogP contribution in [0, 0.1) is 0 Å². The maximum absolute atomic E-state index is 9.56. The van der Waals surface area contributed by atoms with Crippen LogP contribution in [0.15, 0.2) is 23.1 Å². The van der Waals surface area contributed by atoms with Crippen molar-refractivity contribution < 1.29 is 5.11 Å². The third-order valence-corrected chi connectivity index (χ3v) is 3.59. The van der Waals surface area contributed by atoms with Crippen molar-refractivity contribution in [3.8, 4) is 0 Å². The summed E-state index contributed by atoms with van der Waals surface area (Å²) in [6.07, 6.45) is 0. The lowest BCUT2D eigenvalue weighted by Gasteiger charge is -2.17. The molecule has 0 spiro atoms. The topological polar surface area (TPSA) is 46.2 Å². The summed E-state index contributed by atoms with van der Waals surface area (Å²) >= 11 is 7.45. The molecule has 14 heavy (non-hydrogen) atoms. The number of anilines is 1. The summed E-state index contributed by atoms with van der Waals surface area (Å²) in [5.74, 6) is 0.570. The zero-order valence-corrected chi connectivity index (χ0v) is 9.82. The molecule has 0 radical (unpaired) electrons. The second-order valence-electron chi connectivity index (χ2n) is 3.76. The summed E-state index contributed by atoms with van der Waals surface area (Å²) in [6.45, 7) is 3.51. The van der Waals surface area contributed by atoms with Gasteiger partial charge in [-0.05, 0) is 26.0 Å². The Morgan fingerprint density at radius 2 is 2.14 bits per heavy atom. The van der Waals surface area contributed by atoms with Crippen molar-refractivity contribution in [2.24, 2.45) is 0 Å². The molecule has 1 aromatic carbocycles. The molecule has 0 heterocycles. The summed E-state index contributed by atoms with van der Waals surface area (Å²) in [4.78, 5) is 0.844. The van der Waals surface area contributed by atoms with Crippen molar-refractivity contribution in [2.45, 2.75) is 24.3 Å². The number of benzene rings is 1. The zero-order chi connectivity index (χ0) is 10.8. The highest BCUT2D eigenvalue weighted by Crippen LogP contribution is 2.33. The predicted molar refractivity (Wildman–Crippen MR) is 62.9 cm³/mol. The van der Waals surface area contributed by atoms with Crippen molar-refractivity contribution in [1.29, 1.82) is 0 Å². The fourth-order valence-corrected chi connectivity index (χ4v) is 2.21. The first kappa shape index (κ1) is 11.7. The van der Waals surface area contributed by atoms with Crippen LogP contribution in [0.1, 0.15) is 13.8 Å². The maximum atomic E-state index is 9.56. The Hall–Kier alpha value is -0.380. The van der Waals surface area contributed by atoms with Gasteiger partial charge in [-0.25, -0.2) is 0 Å². The van der Waals surface area contributed by atoms with Gasteiger partial charge in [0.25, 0.3) is 0 Å². The number of rotatable bonds is 3. The van der Waals surface area contributed by atoms with Crippen LogP contribution in [-0.2, 0) is 0 Å². The quantitative estimate of drug-likeness (QED) is 0.621. The van der Waals surface area contributed by atoms with Gasteiger partial charge in [-0.2, -0.15) is 0 Å². The van der Waals surface area contributed by atoms with Gasteiger partial charge < -0.3 is 10.8 Å². The zero-order valence-electron chi connectivity index (χ0n) is 8.25. The lowest BCUT2D eigenvalue weighted by Crippen LogP contribution is -2.21. The highest BCUT2D eigenvalue weighted by molar-refractivity contribution is 7.99. The third kappa shape index (κ3) is 3.40. The van der Waals surface area contributed by atoms with E-state index in [1.807, 2.05) is 6.07 Å². The van der Waals surface area contributed by atoms with Crippen LogP contribution in [-0.4, -0.2) is 16.5 Å². The van der Waals surface area contributed by atoms with E-state index in [9.17, 15) is 5.11 Å². The number of aliphatic hydroxyl groups is 1. The van der Waals surface area contributed by atoms with Crippen LogP contribution >= 0.6 is 23.4 Å². The van der Waals surface area contributed by atoms with Crippen molar-refractivity contribution in [1.82, 2.24) is 0 Å². The molecule has 0 aliphatic carbocycles. The second-order valence-corrected chi connectivity index (χ2v) is 5.15. The van der Waals surface area contributed by atoms with Gasteiger partial charge in [0.05, 0.1) is 10.6 Å². The maximum Gasteiger partial charge on any atom is 0.0685 e. The Bertz CT molecular complexity index is 302. The fraction of sp³-hybridized carbons (Fsp3) is 0.400. The molecule has 78 valence electrons. The van der Waals surface area contributed by atoms with Gasteiger partial charge in [0.15, 0.2) is 0 Å². The summed E-state index contributed by atoms with van der Waals surface area (Å²) in [5.41, 5.74) is 5.71. The summed E-state index contributed by atoms with van der Waals surface area (Å²) in [7, 11) is 0. The van der Waals surface area contributed by atoms with E-state index in [2.05, 4.69) is 0 Å². The van der Waals surface area contributed by atoms with Crippen LogP contribution in [0.3, 0.4) is 0 Å². The Labute approximate surface area is 93.5 Å². The molecule has 4 heteroatoms. The lowest BCUT2D eigenvalue weighted by molar-refractivity contribution is 0.107. The van der Waals surface area contributed by atoms with E-state index in [1.165, 1.54) is 11.8 Å². The highest BCUT2D eigenvalue weighted by Gasteiger charge is 2.15. The Kier molecular flexibility index (Phi) is 3.70. The average Bonchev–Trinajstić information content (AvgIpc) is 2.01. The van der Waals surface area contributed by atoms with Gasteiger partial charge in [0.1, 0.15) is 0 Å². The van der Waals surface area contributed by atoms with Gasteiger partial charge in [-0.3, -0.25) is 0 Å². The monoisotopic (exact) mass is 231 g/mol. The average molecular weight is 232 g/mol. The molecule has 1 aromatic rings. The van der Waals surface area contributed by atoms with Crippen LogP contribution in [0.4, 0.5) is 5.69 Å². The van der Waals surface area contributed by atoms with E-state index in [1.54, 1.807) is 26.0 Å². The summed E-state index contributed by atoms with van der Waals surface area (Å²) in [6, 6.07) is 5.41. The third-order valence-electron chi connectivity index (χ3n) is 1.57. The van der Waals surface area contributed by atoms with Crippen LogP contribution in [0.5, 0.6) is 0 Å². The fourth-order valence-electron chi connectivity index (χ4n) is 0.927. The first-order chi connectivity index (χ1) is 6.40. The Morgan fingerprint density at radius 1 is 1.50 bits per heavy atom. The number of thioether (sulfide) groups is 1. The minimum absolute atomic E-state index is 0.570. The largest absolute Gasteiger partial charge is 0.398 e. The normalized spacial score (nSPS) is 11.7. The second kappa shape index (κ2) is 4.43. The molecule has 0 saturated carbocycles. The van der Waals surface area contributed by atoms with Crippen LogP contribution in [0.25, 0.3) is 0 Å². The molecule has 0 bridgehead atoms. The standard InChI is InChI=1S/C10H14ClNOS/c1-10(2,13)6-14-9-7(11)4-3-5-8(9)12/h3-5,13H,6,12H2,1-2H3. The highest BCUT2D eigenvalue weighted by atomic mass is 35.5. The summed E-state index contributed by atoms with van der Waals surface area (Å²) < 4.78 is 0. The molecular formula is C10H14ClNOS. The predicted octanol–water partition coefficient (Wildman–Crippen LogP) is 2.79. The SMILES string of the molecule is CC(C)(O)CSc1c(N)cccc1Cl. The Morgan fingerprint density at radius 3 is 2.64 bits per heavy atom. The lowest BCUT2D eigenvalue weighted by atomic mass is 10.2. The van der Waals surface area contributed by atoms with Crippen molar-refractivity contribution >= 4 is 29.1 Å². The molecule has 0 fully saturated rings. The van der Waals surface area contributed by atoms with Crippen LogP contribution < -0.4 is 5.73 Å². The van der Waals surface area contributed by atoms with E-state index in [-0.39, 0.29) is 0 Å². The van der Waals surface area contributed by atoms with Crippen molar-refractivity contribution in [3.63, 3.8) is 0 Å². The van der Waals surface area contributed by atoms with Crippen molar-refractivity contribution in [3.05, 3.63) is 23.2 Å². The molecule has 0 aromatic heterocycles. The number of hydrogen-bond acceptors (Lipinski definition) is 3. The van der Waals surface area contributed by atoms with Gasteiger partial charge >= 0.3 is 0 Å². The molecule has 0 saturated heterocycles. The minimum Gasteiger partial charge on any atom is -0.398 e. The molecule has 0 aliphatic heterocycles. The van der Waals surface area contributed by atoms with Gasteiger partial charge in [-0.15, -0.1) is 11.8 Å². The first-order valence-corrected chi connectivity index (χ1v) is 5.66. The van der Waals surface area contributed by atoms with E-state index in [0.717, 1.165) is 4.90 Å². The molecule has 0 amide bonds. The van der Waals surface area contributed by atoms with E-state index in [0.29, 0.717) is 16.5 Å². The number of nitrogen functional groups attached to an aromatic ring is 1. The van der Waals surface area contributed by atoms with Gasteiger partial charge in [0.2, 0.25) is 0 Å². The minimum atomic E-state index is -0.712. The molecule has 0 unspecified atom stereocenters. The molecule has 2 nitrogen and oxygen atoms in total. The first-order valence-electron chi connectivity index (χ1n) is 4.29. The summed E-state index contributed by atoms with van der Waals surface area (Å²) in [5, 5.41) is 10.2. The Balaban J connectivity index is 2.77. The van der Waals surface area contributed by atoms with E-state index < -0.39 is 5.60 Å². The van der Waals surface area contributed by atoms with Crippen molar-refractivity contribution in [2.75, 3.05) is 11.5 Å². The molecular weight excluding hydrogens is 218 g/mol. The van der Waals surface area contributed by atoms with E-state index >= 15 is 0 Å². The molecule has 1 rings (SSSR count). The molecule has 0 atom stereocenters.